The lowest BCUT2D eigenvalue weighted by atomic mass is 10.0. The van der Waals surface area contributed by atoms with Crippen molar-refractivity contribution < 1.29 is 14.3 Å². The first kappa shape index (κ1) is 13.1. The molecule has 0 saturated heterocycles. The van der Waals surface area contributed by atoms with Crippen LogP contribution in [0.15, 0.2) is 24.5 Å². The molecule has 1 aromatic carbocycles. The summed E-state index contributed by atoms with van der Waals surface area (Å²) in [6.45, 7) is 1.86. The highest BCUT2D eigenvalue weighted by molar-refractivity contribution is 6.08. The van der Waals surface area contributed by atoms with Crippen LogP contribution in [0, 0.1) is 6.92 Å². The number of aryl methyl sites for hydroxylation is 2. The number of aromatic nitrogens is 2. The van der Waals surface area contributed by atoms with Gasteiger partial charge in [-0.2, -0.15) is 0 Å². The highest BCUT2D eigenvalue weighted by atomic mass is 16.5. The molecule has 0 radical (unpaired) electrons. The van der Waals surface area contributed by atoms with E-state index in [1.54, 1.807) is 50.4 Å². The maximum atomic E-state index is 12.4. The summed E-state index contributed by atoms with van der Waals surface area (Å²) in [5.74, 6) is 1.41. The summed E-state index contributed by atoms with van der Waals surface area (Å²) in [5, 5.41) is 0. The van der Waals surface area contributed by atoms with Gasteiger partial charge < -0.3 is 14.0 Å². The number of carbonyl (C=O) groups is 1. The van der Waals surface area contributed by atoms with Crippen molar-refractivity contribution in [1.82, 2.24) is 9.55 Å². The predicted molar refractivity (Wildman–Crippen MR) is 70.9 cm³/mol. The van der Waals surface area contributed by atoms with E-state index in [1.807, 2.05) is 6.92 Å². The van der Waals surface area contributed by atoms with Gasteiger partial charge >= 0.3 is 0 Å². The van der Waals surface area contributed by atoms with Gasteiger partial charge in [-0.25, -0.2) is 4.98 Å². The fourth-order valence-corrected chi connectivity index (χ4v) is 1.93. The van der Waals surface area contributed by atoms with Crippen LogP contribution in [0.25, 0.3) is 0 Å². The minimum absolute atomic E-state index is 0.133. The smallest absolute Gasteiger partial charge is 0.228 e. The van der Waals surface area contributed by atoms with Crippen LogP contribution in [-0.2, 0) is 7.05 Å². The van der Waals surface area contributed by atoms with Gasteiger partial charge in [0.25, 0.3) is 0 Å². The molecule has 0 N–H and O–H groups in total. The Morgan fingerprint density at radius 2 is 1.84 bits per heavy atom. The molecule has 0 amide bonds. The van der Waals surface area contributed by atoms with Crippen molar-refractivity contribution in [2.75, 3.05) is 14.2 Å². The second-order valence-corrected chi connectivity index (χ2v) is 4.21. The molecule has 0 aliphatic carbocycles. The topological polar surface area (TPSA) is 53.3 Å². The zero-order valence-corrected chi connectivity index (χ0v) is 11.4. The summed E-state index contributed by atoms with van der Waals surface area (Å²) in [5.41, 5.74) is 1.39. The van der Waals surface area contributed by atoms with Crippen LogP contribution in [-0.4, -0.2) is 29.6 Å². The van der Waals surface area contributed by atoms with E-state index in [0.717, 1.165) is 5.56 Å². The van der Waals surface area contributed by atoms with Crippen LogP contribution in [0.3, 0.4) is 0 Å². The molecule has 2 aromatic rings. The lowest BCUT2D eigenvalue weighted by molar-refractivity contribution is 0.102. The fourth-order valence-electron chi connectivity index (χ4n) is 1.93. The molecular formula is C14H16N2O3. The third-order valence-electron chi connectivity index (χ3n) is 3.00. The van der Waals surface area contributed by atoms with Gasteiger partial charge in [0.1, 0.15) is 0 Å². The monoisotopic (exact) mass is 260 g/mol. The number of hydrogen-bond acceptors (Lipinski definition) is 4. The number of methoxy groups -OCH3 is 2. The molecule has 19 heavy (non-hydrogen) atoms. The number of imidazole rings is 1. The first-order valence-electron chi connectivity index (χ1n) is 5.83. The summed E-state index contributed by atoms with van der Waals surface area (Å²) < 4.78 is 12.1. The molecule has 5 nitrogen and oxygen atoms in total. The molecule has 2 rings (SSSR count). The number of nitrogens with zero attached hydrogens (tertiary/aromatic N) is 2. The van der Waals surface area contributed by atoms with E-state index in [-0.39, 0.29) is 5.78 Å². The van der Waals surface area contributed by atoms with Crippen LogP contribution >= 0.6 is 0 Å². The Balaban J connectivity index is 2.51. The van der Waals surface area contributed by atoms with Crippen molar-refractivity contribution in [1.29, 1.82) is 0 Å². The Morgan fingerprint density at radius 1 is 1.21 bits per heavy atom. The van der Waals surface area contributed by atoms with Gasteiger partial charge in [0.15, 0.2) is 17.3 Å². The lowest BCUT2D eigenvalue weighted by Gasteiger charge is -2.12. The average Bonchev–Trinajstić information content (AvgIpc) is 2.83. The van der Waals surface area contributed by atoms with E-state index in [1.165, 1.54) is 0 Å². The number of benzene rings is 1. The lowest BCUT2D eigenvalue weighted by Crippen LogP contribution is -2.10. The highest BCUT2D eigenvalue weighted by Gasteiger charge is 2.18. The molecule has 0 saturated carbocycles. The van der Waals surface area contributed by atoms with Crippen molar-refractivity contribution in [3.8, 4) is 11.5 Å². The van der Waals surface area contributed by atoms with Crippen molar-refractivity contribution in [2.45, 2.75) is 6.92 Å². The molecule has 0 aliphatic rings. The normalized spacial score (nSPS) is 10.3. The first-order chi connectivity index (χ1) is 9.08. The molecule has 1 heterocycles. The predicted octanol–water partition coefficient (Wildman–Crippen LogP) is 1.98. The van der Waals surface area contributed by atoms with Crippen LogP contribution in [0.1, 0.15) is 21.7 Å². The van der Waals surface area contributed by atoms with Crippen LogP contribution in [0.5, 0.6) is 11.5 Å². The minimum atomic E-state index is -0.133. The molecule has 0 fully saturated rings. The van der Waals surface area contributed by atoms with Gasteiger partial charge in [-0.3, -0.25) is 4.79 Å². The third kappa shape index (κ3) is 2.31. The second-order valence-electron chi connectivity index (χ2n) is 4.21. The zero-order valence-electron chi connectivity index (χ0n) is 11.4. The van der Waals surface area contributed by atoms with Gasteiger partial charge in [0, 0.05) is 25.0 Å². The van der Waals surface area contributed by atoms with E-state index in [9.17, 15) is 4.79 Å². The summed E-state index contributed by atoms with van der Waals surface area (Å²) in [6.07, 6.45) is 3.34. The summed E-state index contributed by atoms with van der Waals surface area (Å²) in [4.78, 5) is 16.5. The van der Waals surface area contributed by atoms with Crippen molar-refractivity contribution in [3.63, 3.8) is 0 Å². The zero-order chi connectivity index (χ0) is 14.0. The van der Waals surface area contributed by atoms with Crippen LogP contribution in [0.4, 0.5) is 0 Å². The standard InChI is InChI=1S/C14H16N2O3/c1-9-7-11(18-3)12(19-4)8-10(9)13(17)14-15-5-6-16(14)2/h5-8H,1-4H3. The first-order valence-corrected chi connectivity index (χ1v) is 5.83. The van der Waals surface area contributed by atoms with Gasteiger partial charge in [-0.05, 0) is 24.6 Å². The molecule has 5 heteroatoms. The van der Waals surface area contributed by atoms with E-state index in [4.69, 9.17) is 9.47 Å². The molecule has 0 unspecified atom stereocenters. The summed E-state index contributed by atoms with van der Waals surface area (Å²) >= 11 is 0. The number of carbonyl (C=O) groups excluding carboxylic acids is 1. The van der Waals surface area contributed by atoms with Crippen molar-refractivity contribution in [2.24, 2.45) is 7.05 Å². The van der Waals surface area contributed by atoms with Crippen molar-refractivity contribution >= 4 is 5.78 Å². The number of hydrogen-bond donors (Lipinski definition) is 0. The molecule has 0 atom stereocenters. The Hall–Kier alpha value is -2.30. The molecule has 0 aliphatic heterocycles. The molecule has 0 bridgehead atoms. The third-order valence-corrected chi connectivity index (χ3v) is 3.00. The van der Waals surface area contributed by atoms with E-state index in [2.05, 4.69) is 4.98 Å². The fraction of sp³-hybridized carbons (Fsp3) is 0.286. The summed E-state index contributed by atoms with van der Waals surface area (Å²) in [7, 11) is 4.90. The Morgan fingerprint density at radius 3 is 2.37 bits per heavy atom. The maximum absolute atomic E-state index is 12.4. The van der Waals surface area contributed by atoms with Crippen LogP contribution in [0.2, 0.25) is 0 Å². The van der Waals surface area contributed by atoms with Gasteiger partial charge in [0.05, 0.1) is 14.2 Å². The molecule has 100 valence electrons. The second kappa shape index (κ2) is 5.14. The number of ether oxygens (including phenoxy) is 2. The Bertz CT molecular complexity index is 617. The molecule has 1 aromatic heterocycles. The largest absolute Gasteiger partial charge is 0.493 e. The van der Waals surface area contributed by atoms with Gasteiger partial charge in [-0.15, -0.1) is 0 Å². The van der Waals surface area contributed by atoms with Crippen molar-refractivity contribution in [3.05, 3.63) is 41.5 Å². The van der Waals surface area contributed by atoms with E-state index >= 15 is 0 Å². The molecular weight excluding hydrogens is 244 g/mol. The number of ketones is 1. The summed E-state index contributed by atoms with van der Waals surface area (Å²) in [6, 6.07) is 3.47. The van der Waals surface area contributed by atoms with Gasteiger partial charge in [0.2, 0.25) is 5.78 Å². The highest BCUT2D eigenvalue weighted by Crippen LogP contribution is 2.31. The maximum Gasteiger partial charge on any atom is 0.228 e. The molecule has 0 spiro atoms. The Labute approximate surface area is 111 Å². The van der Waals surface area contributed by atoms with Crippen LogP contribution < -0.4 is 9.47 Å². The van der Waals surface area contributed by atoms with Gasteiger partial charge in [-0.1, -0.05) is 0 Å². The van der Waals surface area contributed by atoms with E-state index in [0.29, 0.717) is 22.9 Å². The SMILES string of the molecule is COc1cc(C)c(C(=O)c2nccn2C)cc1OC. The van der Waals surface area contributed by atoms with E-state index < -0.39 is 0 Å². The number of rotatable bonds is 4. The minimum Gasteiger partial charge on any atom is -0.493 e. The quantitative estimate of drug-likeness (QED) is 0.789. The Kier molecular flexibility index (Phi) is 3.55. The average molecular weight is 260 g/mol.